The first-order chi connectivity index (χ1) is 14.6. The Kier molecular flexibility index (Phi) is 6.34. The minimum absolute atomic E-state index is 0.0813. The molecule has 158 valence electrons. The summed E-state index contributed by atoms with van der Waals surface area (Å²) < 4.78 is 4.97. The Morgan fingerprint density at radius 3 is 2.47 bits per heavy atom. The van der Waals surface area contributed by atoms with Crippen molar-refractivity contribution in [3.63, 3.8) is 0 Å². The number of rotatable bonds is 4. The molecular formula is C22H25N3O3S2. The van der Waals surface area contributed by atoms with E-state index in [1.165, 1.54) is 18.4 Å². The largest absolute Gasteiger partial charge is 0.465 e. The number of hydrogen-bond donors (Lipinski definition) is 2. The highest BCUT2D eigenvalue weighted by Gasteiger charge is 2.27. The van der Waals surface area contributed by atoms with E-state index in [2.05, 4.69) is 10.6 Å². The van der Waals surface area contributed by atoms with Crippen molar-refractivity contribution in [2.24, 2.45) is 0 Å². The fourth-order valence-electron chi connectivity index (χ4n) is 4.05. The van der Waals surface area contributed by atoms with Crippen molar-refractivity contribution in [1.29, 1.82) is 0 Å². The lowest BCUT2D eigenvalue weighted by molar-refractivity contribution is 0.0601. The number of esters is 1. The summed E-state index contributed by atoms with van der Waals surface area (Å²) in [7, 11) is 1.40. The summed E-state index contributed by atoms with van der Waals surface area (Å²) in [6.07, 6.45) is 6.29. The summed E-state index contributed by atoms with van der Waals surface area (Å²) in [6.45, 7) is 1.67. The molecule has 1 aliphatic heterocycles. The second-order valence-corrected chi connectivity index (χ2v) is 9.08. The van der Waals surface area contributed by atoms with Crippen LogP contribution in [0.2, 0.25) is 0 Å². The van der Waals surface area contributed by atoms with E-state index < -0.39 is 0 Å². The zero-order valence-electron chi connectivity index (χ0n) is 17.0. The smallest absolute Gasteiger partial charge is 0.341 e. The lowest BCUT2D eigenvalue weighted by Gasteiger charge is -2.26. The van der Waals surface area contributed by atoms with Gasteiger partial charge in [-0.1, -0.05) is 0 Å². The number of thiocarbonyl (C=S) groups is 1. The van der Waals surface area contributed by atoms with E-state index >= 15 is 0 Å². The molecule has 2 aromatic rings. The Bertz CT molecular complexity index is 963. The Morgan fingerprint density at radius 1 is 1.03 bits per heavy atom. The van der Waals surface area contributed by atoms with Gasteiger partial charge in [-0.2, -0.15) is 0 Å². The van der Waals surface area contributed by atoms with Crippen LogP contribution >= 0.6 is 23.6 Å². The second-order valence-electron chi connectivity index (χ2n) is 7.56. The molecule has 1 aliphatic carbocycles. The SMILES string of the molecule is COC(=O)c1c(NC(=S)Nc2ccc(C(=O)N3CCCCC3)cc2)sc2c1CCC2. The number of aryl methyl sites for hydroxylation is 1. The normalized spacial score (nSPS) is 15.4. The number of ether oxygens (including phenoxy) is 1. The molecule has 1 saturated heterocycles. The molecule has 1 amide bonds. The maximum absolute atomic E-state index is 12.6. The van der Waals surface area contributed by atoms with Gasteiger partial charge in [0, 0.05) is 29.2 Å². The lowest BCUT2D eigenvalue weighted by atomic mass is 10.1. The van der Waals surface area contributed by atoms with Crippen LogP contribution in [0, 0.1) is 0 Å². The van der Waals surface area contributed by atoms with Gasteiger partial charge in [-0.3, -0.25) is 4.79 Å². The van der Waals surface area contributed by atoms with Crippen LogP contribution in [0.3, 0.4) is 0 Å². The Morgan fingerprint density at radius 2 is 1.77 bits per heavy atom. The number of carbonyl (C=O) groups is 2. The summed E-state index contributed by atoms with van der Waals surface area (Å²) >= 11 is 7.01. The molecule has 2 heterocycles. The molecule has 30 heavy (non-hydrogen) atoms. The Hall–Kier alpha value is -2.45. The fourth-order valence-corrected chi connectivity index (χ4v) is 5.62. The molecule has 2 aliphatic rings. The maximum Gasteiger partial charge on any atom is 0.341 e. The van der Waals surface area contributed by atoms with E-state index in [0.29, 0.717) is 16.2 Å². The number of anilines is 2. The van der Waals surface area contributed by atoms with Crippen LogP contribution < -0.4 is 10.6 Å². The number of likely N-dealkylation sites (tertiary alicyclic amines) is 1. The molecule has 1 fully saturated rings. The number of thiophene rings is 1. The fraction of sp³-hybridized carbons (Fsp3) is 0.409. The Balaban J connectivity index is 1.41. The molecule has 0 bridgehead atoms. The van der Waals surface area contributed by atoms with Crippen LogP contribution in [0.1, 0.15) is 56.8 Å². The van der Waals surface area contributed by atoms with Crippen LogP contribution in [-0.4, -0.2) is 42.1 Å². The van der Waals surface area contributed by atoms with Gasteiger partial charge in [-0.15, -0.1) is 11.3 Å². The summed E-state index contributed by atoms with van der Waals surface area (Å²) in [5.41, 5.74) is 3.15. The average molecular weight is 444 g/mol. The third kappa shape index (κ3) is 4.34. The molecule has 8 heteroatoms. The van der Waals surface area contributed by atoms with Crippen LogP contribution in [0.25, 0.3) is 0 Å². The molecule has 1 aromatic carbocycles. The number of benzene rings is 1. The number of carbonyl (C=O) groups excluding carboxylic acids is 2. The van der Waals surface area contributed by atoms with Crippen LogP contribution in [-0.2, 0) is 17.6 Å². The number of nitrogens with one attached hydrogen (secondary N) is 2. The highest BCUT2D eigenvalue weighted by molar-refractivity contribution is 7.80. The summed E-state index contributed by atoms with van der Waals surface area (Å²) in [5.74, 6) is -0.252. The van der Waals surface area contributed by atoms with Crippen molar-refractivity contribution in [2.75, 3.05) is 30.8 Å². The monoisotopic (exact) mass is 443 g/mol. The highest BCUT2D eigenvalue weighted by atomic mass is 32.1. The molecule has 0 radical (unpaired) electrons. The van der Waals surface area contributed by atoms with E-state index in [1.807, 2.05) is 29.2 Å². The van der Waals surface area contributed by atoms with E-state index in [4.69, 9.17) is 17.0 Å². The molecule has 0 saturated carbocycles. The summed E-state index contributed by atoms with van der Waals surface area (Å²) in [4.78, 5) is 28.0. The van der Waals surface area contributed by atoms with Gasteiger partial charge in [-0.25, -0.2) is 4.79 Å². The quantitative estimate of drug-likeness (QED) is 0.537. The van der Waals surface area contributed by atoms with Gasteiger partial charge < -0.3 is 20.3 Å². The van der Waals surface area contributed by atoms with Crippen LogP contribution in [0.15, 0.2) is 24.3 Å². The van der Waals surface area contributed by atoms with Crippen molar-refractivity contribution in [1.82, 2.24) is 4.90 Å². The summed E-state index contributed by atoms with van der Waals surface area (Å²) in [5, 5.41) is 7.41. The third-order valence-corrected chi connectivity index (χ3v) is 6.98. The van der Waals surface area contributed by atoms with Gasteiger partial charge in [0.2, 0.25) is 0 Å². The number of fused-ring (bicyclic) bond motifs is 1. The van der Waals surface area contributed by atoms with Crippen molar-refractivity contribution in [2.45, 2.75) is 38.5 Å². The van der Waals surface area contributed by atoms with Gasteiger partial charge in [0.1, 0.15) is 5.00 Å². The maximum atomic E-state index is 12.6. The van der Waals surface area contributed by atoms with Gasteiger partial charge >= 0.3 is 5.97 Å². The lowest BCUT2D eigenvalue weighted by Crippen LogP contribution is -2.35. The first-order valence-electron chi connectivity index (χ1n) is 10.3. The van der Waals surface area contributed by atoms with Gasteiger partial charge in [-0.05, 0) is 80.6 Å². The predicted octanol–water partition coefficient (Wildman–Crippen LogP) is 4.46. The highest BCUT2D eigenvalue weighted by Crippen LogP contribution is 2.39. The molecule has 2 N–H and O–H groups in total. The second kappa shape index (κ2) is 9.14. The number of methoxy groups -OCH3 is 1. The standard InChI is InChI=1S/C22H25N3O3S2/c1-28-21(27)18-16-6-5-7-17(16)30-19(18)24-22(29)23-15-10-8-14(9-11-15)20(26)25-12-3-2-4-13-25/h8-11H,2-7,12-13H2,1H3,(H2,23,24,29). The zero-order valence-corrected chi connectivity index (χ0v) is 18.6. The van der Waals surface area contributed by atoms with E-state index in [1.54, 1.807) is 11.3 Å². The predicted molar refractivity (Wildman–Crippen MR) is 124 cm³/mol. The molecule has 1 aromatic heterocycles. The van der Waals surface area contributed by atoms with E-state index in [0.717, 1.165) is 61.4 Å². The summed E-state index contributed by atoms with van der Waals surface area (Å²) in [6, 6.07) is 7.34. The first kappa shape index (κ1) is 20.8. The molecule has 0 spiro atoms. The number of hydrogen-bond acceptors (Lipinski definition) is 5. The molecule has 0 unspecified atom stereocenters. The van der Waals surface area contributed by atoms with Gasteiger partial charge in [0.15, 0.2) is 5.11 Å². The number of amides is 1. The van der Waals surface area contributed by atoms with Crippen LogP contribution in [0.5, 0.6) is 0 Å². The molecular weight excluding hydrogens is 418 g/mol. The first-order valence-corrected chi connectivity index (χ1v) is 11.5. The van der Waals surface area contributed by atoms with Crippen LogP contribution in [0.4, 0.5) is 10.7 Å². The minimum atomic E-state index is -0.333. The molecule has 6 nitrogen and oxygen atoms in total. The van der Waals surface area contributed by atoms with E-state index in [-0.39, 0.29) is 11.9 Å². The third-order valence-electron chi connectivity index (χ3n) is 5.57. The average Bonchev–Trinajstić information content (AvgIpc) is 3.34. The minimum Gasteiger partial charge on any atom is -0.465 e. The van der Waals surface area contributed by atoms with Gasteiger partial charge in [0.25, 0.3) is 5.91 Å². The number of piperidine rings is 1. The van der Waals surface area contributed by atoms with Crippen molar-refractivity contribution in [3.8, 4) is 0 Å². The Labute approximate surface area is 185 Å². The van der Waals surface area contributed by atoms with Crippen molar-refractivity contribution >= 4 is 51.2 Å². The molecule has 0 atom stereocenters. The van der Waals surface area contributed by atoms with Crippen molar-refractivity contribution in [3.05, 3.63) is 45.8 Å². The number of nitrogens with zero attached hydrogens (tertiary/aromatic N) is 1. The topological polar surface area (TPSA) is 70.7 Å². The van der Waals surface area contributed by atoms with Crippen molar-refractivity contribution < 1.29 is 14.3 Å². The zero-order chi connectivity index (χ0) is 21.1. The molecule has 4 rings (SSSR count). The van der Waals surface area contributed by atoms with Gasteiger partial charge in [0.05, 0.1) is 12.7 Å². The van der Waals surface area contributed by atoms with E-state index in [9.17, 15) is 9.59 Å².